The van der Waals surface area contributed by atoms with E-state index in [1.54, 1.807) is 49.4 Å². The average Bonchev–Trinajstić information content (AvgIpc) is 2.82. The number of amides is 2. The maximum Gasteiger partial charge on any atom is 0.276 e. The van der Waals surface area contributed by atoms with Crippen LogP contribution in [0.3, 0.4) is 0 Å². The molecule has 1 aliphatic heterocycles. The van der Waals surface area contributed by atoms with Gasteiger partial charge in [-0.3, -0.25) is 14.4 Å². The minimum atomic E-state index is -0.584. The molecule has 1 atom stereocenters. The van der Waals surface area contributed by atoms with Crippen LogP contribution in [0.5, 0.6) is 5.75 Å². The summed E-state index contributed by atoms with van der Waals surface area (Å²) in [6, 6.07) is 21.3. The second-order valence-electron chi connectivity index (χ2n) is 7.76. The summed E-state index contributed by atoms with van der Waals surface area (Å²) in [6.07, 6.45) is -0.584. The number of benzene rings is 3. The first kappa shape index (κ1) is 20.4. The average molecular weight is 440 g/mol. The molecule has 33 heavy (non-hydrogen) atoms. The van der Waals surface area contributed by atoms with Gasteiger partial charge in [0.1, 0.15) is 5.75 Å². The summed E-state index contributed by atoms with van der Waals surface area (Å²) in [4.78, 5) is 38.1. The van der Waals surface area contributed by atoms with Crippen molar-refractivity contribution in [2.75, 3.05) is 10.6 Å². The van der Waals surface area contributed by atoms with E-state index in [9.17, 15) is 14.4 Å². The summed E-state index contributed by atoms with van der Waals surface area (Å²) in [5.74, 6) is -0.198. The number of aromatic nitrogens is 2. The van der Waals surface area contributed by atoms with Gasteiger partial charge in [0, 0.05) is 11.1 Å². The number of rotatable bonds is 4. The Bertz CT molecular complexity index is 1450. The van der Waals surface area contributed by atoms with Crippen molar-refractivity contribution in [3.63, 3.8) is 0 Å². The maximum absolute atomic E-state index is 13.2. The third-order valence-electron chi connectivity index (χ3n) is 5.43. The van der Waals surface area contributed by atoms with E-state index in [0.29, 0.717) is 27.9 Å². The highest BCUT2D eigenvalue weighted by atomic mass is 16.5. The summed E-state index contributed by atoms with van der Waals surface area (Å²) in [7, 11) is 0. The molecule has 0 saturated carbocycles. The Labute approximate surface area is 188 Å². The van der Waals surface area contributed by atoms with Gasteiger partial charge < -0.3 is 15.4 Å². The summed E-state index contributed by atoms with van der Waals surface area (Å²) >= 11 is 0. The molecule has 164 valence electrons. The minimum Gasteiger partial charge on any atom is -0.479 e. The highest BCUT2D eigenvalue weighted by Gasteiger charge is 2.24. The largest absolute Gasteiger partial charge is 0.479 e. The fourth-order valence-electron chi connectivity index (χ4n) is 3.74. The molecule has 2 N–H and O–H groups in total. The quantitative estimate of drug-likeness (QED) is 0.506. The van der Waals surface area contributed by atoms with Gasteiger partial charge in [-0.1, -0.05) is 48.5 Å². The van der Waals surface area contributed by atoms with Crippen LogP contribution in [0.15, 0.2) is 77.6 Å². The normalized spacial score (nSPS) is 14.8. The number of hydrogen-bond acceptors (Lipinski definition) is 5. The molecule has 8 heteroatoms. The number of nitrogens with one attached hydrogen (secondary N) is 2. The van der Waals surface area contributed by atoms with E-state index in [1.807, 2.05) is 30.3 Å². The molecule has 0 saturated heterocycles. The van der Waals surface area contributed by atoms with Crippen molar-refractivity contribution in [2.24, 2.45) is 0 Å². The van der Waals surface area contributed by atoms with E-state index < -0.39 is 12.0 Å². The predicted molar refractivity (Wildman–Crippen MR) is 125 cm³/mol. The van der Waals surface area contributed by atoms with Crippen LogP contribution in [0, 0.1) is 0 Å². The molecular formula is C25H20N4O4. The monoisotopic (exact) mass is 440 g/mol. The Morgan fingerprint density at radius 1 is 1.03 bits per heavy atom. The Morgan fingerprint density at radius 3 is 2.55 bits per heavy atom. The van der Waals surface area contributed by atoms with Crippen LogP contribution in [0.25, 0.3) is 10.8 Å². The van der Waals surface area contributed by atoms with Gasteiger partial charge in [0.05, 0.1) is 17.6 Å². The molecular weight excluding hydrogens is 420 g/mol. The Morgan fingerprint density at radius 2 is 1.76 bits per heavy atom. The Kier molecular flexibility index (Phi) is 5.10. The molecule has 5 rings (SSSR count). The lowest BCUT2D eigenvalue weighted by Crippen LogP contribution is -2.34. The zero-order valence-electron chi connectivity index (χ0n) is 17.7. The van der Waals surface area contributed by atoms with Gasteiger partial charge in [0.25, 0.3) is 17.4 Å². The summed E-state index contributed by atoms with van der Waals surface area (Å²) in [5, 5.41) is 10.8. The van der Waals surface area contributed by atoms with Crippen LogP contribution >= 0.6 is 0 Å². The minimum absolute atomic E-state index is 0.132. The number of ether oxygens (including phenoxy) is 1. The molecule has 1 aromatic heterocycles. The lowest BCUT2D eigenvalue weighted by Gasteiger charge is -2.23. The fourth-order valence-corrected chi connectivity index (χ4v) is 3.74. The summed E-state index contributed by atoms with van der Waals surface area (Å²) < 4.78 is 6.86. The molecule has 2 amide bonds. The van der Waals surface area contributed by atoms with Crippen molar-refractivity contribution in [2.45, 2.75) is 19.6 Å². The molecule has 0 aliphatic carbocycles. The zero-order valence-corrected chi connectivity index (χ0v) is 17.7. The number of hydrogen-bond donors (Lipinski definition) is 2. The van der Waals surface area contributed by atoms with Gasteiger partial charge in [0.15, 0.2) is 11.8 Å². The Balaban J connectivity index is 1.51. The molecule has 2 heterocycles. The first-order valence-corrected chi connectivity index (χ1v) is 10.5. The van der Waals surface area contributed by atoms with Gasteiger partial charge in [-0.05, 0) is 36.8 Å². The van der Waals surface area contributed by atoms with Crippen molar-refractivity contribution in [3.05, 3.63) is 94.4 Å². The highest BCUT2D eigenvalue weighted by molar-refractivity contribution is 6.11. The lowest BCUT2D eigenvalue weighted by molar-refractivity contribution is -0.122. The van der Waals surface area contributed by atoms with E-state index in [4.69, 9.17) is 4.74 Å². The SMILES string of the molecule is C[C@@H]1Oc2ccc(NC(=O)c3nn(Cc4ccccc4)c(=O)c4ccccc34)cc2NC1=O. The highest BCUT2D eigenvalue weighted by Crippen LogP contribution is 2.32. The molecule has 0 radical (unpaired) electrons. The third-order valence-corrected chi connectivity index (χ3v) is 5.43. The maximum atomic E-state index is 13.2. The molecule has 3 aromatic carbocycles. The van der Waals surface area contributed by atoms with Crippen molar-refractivity contribution >= 4 is 34.0 Å². The Hall–Kier alpha value is -4.46. The first-order valence-electron chi connectivity index (χ1n) is 10.5. The molecule has 0 fully saturated rings. The van der Waals surface area contributed by atoms with Gasteiger partial charge in [-0.15, -0.1) is 0 Å². The van der Waals surface area contributed by atoms with Crippen LogP contribution in [-0.2, 0) is 11.3 Å². The number of carbonyl (C=O) groups excluding carboxylic acids is 2. The first-order chi connectivity index (χ1) is 16.0. The van der Waals surface area contributed by atoms with Crippen molar-refractivity contribution in [3.8, 4) is 5.75 Å². The van der Waals surface area contributed by atoms with E-state index in [-0.39, 0.29) is 23.7 Å². The lowest BCUT2D eigenvalue weighted by atomic mass is 10.1. The number of fused-ring (bicyclic) bond motifs is 2. The van der Waals surface area contributed by atoms with Crippen LogP contribution in [0.2, 0.25) is 0 Å². The zero-order chi connectivity index (χ0) is 22.9. The fraction of sp³-hybridized carbons (Fsp3) is 0.120. The van der Waals surface area contributed by atoms with E-state index >= 15 is 0 Å². The topological polar surface area (TPSA) is 102 Å². The smallest absolute Gasteiger partial charge is 0.276 e. The second-order valence-corrected chi connectivity index (χ2v) is 7.76. The van der Waals surface area contributed by atoms with Crippen LogP contribution in [0.4, 0.5) is 11.4 Å². The van der Waals surface area contributed by atoms with Crippen molar-refractivity contribution < 1.29 is 14.3 Å². The summed E-state index contributed by atoms with van der Waals surface area (Å²) in [5.41, 5.74) is 1.70. The number of carbonyl (C=O) groups is 2. The number of nitrogens with zero attached hydrogens (tertiary/aromatic N) is 2. The molecule has 0 bridgehead atoms. The molecule has 1 aliphatic rings. The van der Waals surface area contributed by atoms with Crippen molar-refractivity contribution in [1.29, 1.82) is 0 Å². The van der Waals surface area contributed by atoms with Crippen LogP contribution in [0.1, 0.15) is 23.0 Å². The van der Waals surface area contributed by atoms with Crippen molar-refractivity contribution in [1.82, 2.24) is 9.78 Å². The van der Waals surface area contributed by atoms with Gasteiger partial charge in [0.2, 0.25) is 0 Å². The molecule has 0 unspecified atom stereocenters. The van der Waals surface area contributed by atoms with Gasteiger partial charge >= 0.3 is 0 Å². The number of anilines is 2. The molecule has 4 aromatic rings. The molecule has 8 nitrogen and oxygen atoms in total. The van der Waals surface area contributed by atoms with Crippen LogP contribution in [-0.4, -0.2) is 27.7 Å². The standard InChI is InChI=1S/C25H20N4O4/c1-15-23(30)27-20-13-17(11-12-21(20)33-15)26-24(31)22-18-9-5-6-10-19(18)25(32)29(28-22)14-16-7-3-2-4-8-16/h2-13,15H,14H2,1H3,(H,26,31)(H,27,30)/t15-/m0/s1. The van der Waals surface area contributed by atoms with Gasteiger partial charge in [-0.2, -0.15) is 5.10 Å². The van der Waals surface area contributed by atoms with E-state index in [0.717, 1.165) is 5.56 Å². The van der Waals surface area contributed by atoms with E-state index in [2.05, 4.69) is 15.7 Å². The predicted octanol–water partition coefficient (Wildman–Crippen LogP) is 3.42. The van der Waals surface area contributed by atoms with Gasteiger partial charge in [-0.25, -0.2) is 4.68 Å². The molecule has 0 spiro atoms. The third kappa shape index (κ3) is 3.94. The van der Waals surface area contributed by atoms with Crippen LogP contribution < -0.4 is 20.9 Å². The van der Waals surface area contributed by atoms with E-state index in [1.165, 1.54) is 4.68 Å². The second kappa shape index (κ2) is 8.23. The summed E-state index contributed by atoms with van der Waals surface area (Å²) in [6.45, 7) is 1.90.